The molecule has 19 heavy (non-hydrogen) atoms. The zero-order valence-corrected chi connectivity index (χ0v) is 10.5. The maximum atomic E-state index is 11.6. The van der Waals surface area contributed by atoms with Crippen LogP contribution >= 0.6 is 0 Å². The zero-order valence-electron chi connectivity index (χ0n) is 10.5. The summed E-state index contributed by atoms with van der Waals surface area (Å²) in [6.45, 7) is 0.151. The van der Waals surface area contributed by atoms with Gasteiger partial charge < -0.3 is 21.3 Å². The molecule has 0 amide bonds. The van der Waals surface area contributed by atoms with Gasteiger partial charge in [0.2, 0.25) is 0 Å². The molecule has 1 aromatic carbocycles. The third kappa shape index (κ3) is 5.50. The van der Waals surface area contributed by atoms with E-state index in [1.807, 2.05) is 30.3 Å². The van der Waals surface area contributed by atoms with Crippen molar-refractivity contribution in [3.8, 4) is 0 Å². The van der Waals surface area contributed by atoms with Gasteiger partial charge in [-0.05, 0) is 18.4 Å². The first-order valence-electron chi connectivity index (χ1n) is 5.95. The molecular weight excluding hydrogens is 248 g/mol. The maximum Gasteiger partial charge on any atom is 0.323 e. The molecule has 1 rings (SSSR count). The van der Waals surface area contributed by atoms with Crippen LogP contribution in [-0.4, -0.2) is 29.1 Å². The average molecular weight is 266 g/mol. The lowest BCUT2D eigenvalue weighted by Crippen LogP contribution is -2.36. The fraction of sp³-hybridized carbons (Fsp3) is 0.385. The Morgan fingerprint density at radius 3 is 2.26 bits per heavy atom. The molecule has 0 aliphatic heterocycles. The van der Waals surface area contributed by atoms with E-state index in [2.05, 4.69) is 0 Å². The summed E-state index contributed by atoms with van der Waals surface area (Å²) < 4.78 is 5.03. The predicted molar refractivity (Wildman–Crippen MR) is 69.1 cm³/mol. The summed E-state index contributed by atoms with van der Waals surface area (Å²) in [5.41, 5.74) is 11.8. The fourth-order valence-corrected chi connectivity index (χ4v) is 1.44. The summed E-state index contributed by atoms with van der Waals surface area (Å²) in [5.74, 6) is -1.66. The van der Waals surface area contributed by atoms with Gasteiger partial charge in [-0.25, -0.2) is 0 Å². The van der Waals surface area contributed by atoms with Crippen molar-refractivity contribution < 1.29 is 19.4 Å². The van der Waals surface area contributed by atoms with Crippen molar-refractivity contribution in [2.24, 2.45) is 11.5 Å². The van der Waals surface area contributed by atoms with Gasteiger partial charge in [0.15, 0.2) is 0 Å². The Bertz CT molecular complexity index is 422. The Morgan fingerprint density at radius 1 is 1.11 bits per heavy atom. The molecule has 6 heteroatoms. The first-order chi connectivity index (χ1) is 9.00. The van der Waals surface area contributed by atoms with Crippen molar-refractivity contribution in [3.05, 3.63) is 35.9 Å². The van der Waals surface area contributed by atoms with E-state index >= 15 is 0 Å². The van der Waals surface area contributed by atoms with Crippen molar-refractivity contribution in [2.45, 2.75) is 31.5 Å². The smallest absolute Gasteiger partial charge is 0.323 e. The van der Waals surface area contributed by atoms with Crippen LogP contribution < -0.4 is 11.5 Å². The first kappa shape index (κ1) is 15.1. The fourth-order valence-electron chi connectivity index (χ4n) is 1.44. The van der Waals surface area contributed by atoms with Gasteiger partial charge in [-0.2, -0.15) is 0 Å². The highest BCUT2D eigenvalue weighted by molar-refractivity contribution is 5.76. The van der Waals surface area contributed by atoms with Crippen LogP contribution in [-0.2, 0) is 20.9 Å². The normalized spacial score (nSPS) is 13.6. The molecule has 0 saturated heterocycles. The van der Waals surface area contributed by atoms with Gasteiger partial charge in [0.05, 0.1) is 0 Å². The highest BCUT2D eigenvalue weighted by Gasteiger charge is 2.19. The molecule has 5 N–H and O–H groups in total. The van der Waals surface area contributed by atoms with E-state index in [0.717, 1.165) is 5.56 Å². The number of esters is 1. The van der Waals surface area contributed by atoms with Crippen LogP contribution in [0.15, 0.2) is 30.3 Å². The molecule has 2 unspecified atom stereocenters. The van der Waals surface area contributed by atoms with Crippen LogP contribution in [0.5, 0.6) is 0 Å². The molecule has 0 aliphatic carbocycles. The topological polar surface area (TPSA) is 116 Å². The molecule has 0 radical (unpaired) electrons. The molecule has 104 valence electrons. The number of hydrogen-bond acceptors (Lipinski definition) is 5. The van der Waals surface area contributed by atoms with Crippen LogP contribution in [0.3, 0.4) is 0 Å². The summed E-state index contributed by atoms with van der Waals surface area (Å²) >= 11 is 0. The number of hydrogen-bond donors (Lipinski definition) is 3. The summed E-state index contributed by atoms with van der Waals surface area (Å²) in [7, 11) is 0. The van der Waals surface area contributed by atoms with E-state index in [1.54, 1.807) is 0 Å². The Balaban J connectivity index is 2.31. The second-order valence-corrected chi connectivity index (χ2v) is 4.22. The molecule has 0 aromatic heterocycles. The second-order valence-electron chi connectivity index (χ2n) is 4.22. The van der Waals surface area contributed by atoms with E-state index in [-0.39, 0.29) is 19.4 Å². The van der Waals surface area contributed by atoms with E-state index in [0.29, 0.717) is 0 Å². The van der Waals surface area contributed by atoms with Gasteiger partial charge in [0, 0.05) is 0 Å². The highest BCUT2D eigenvalue weighted by Crippen LogP contribution is 2.04. The van der Waals surface area contributed by atoms with Gasteiger partial charge in [-0.1, -0.05) is 30.3 Å². The van der Waals surface area contributed by atoms with Gasteiger partial charge >= 0.3 is 11.9 Å². The van der Waals surface area contributed by atoms with Crippen LogP contribution in [0, 0.1) is 0 Å². The minimum Gasteiger partial charge on any atom is -0.480 e. The van der Waals surface area contributed by atoms with E-state index in [9.17, 15) is 9.59 Å². The van der Waals surface area contributed by atoms with Crippen LogP contribution in [0.1, 0.15) is 18.4 Å². The van der Waals surface area contributed by atoms with Crippen molar-refractivity contribution >= 4 is 11.9 Å². The third-order valence-electron chi connectivity index (χ3n) is 2.63. The second kappa shape index (κ2) is 7.50. The van der Waals surface area contributed by atoms with E-state index < -0.39 is 24.0 Å². The minimum absolute atomic E-state index is 0.136. The lowest BCUT2D eigenvalue weighted by molar-refractivity contribution is -0.147. The highest BCUT2D eigenvalue weighted by atomic mass is 16.5. The Kier molecular flexibility index (Phi) is 5.98. The summed E-state index contributed by atoms with van der Waals surface area (Å²) in [6, 6.07) is 7.36. The molecule has 0 fully saturated rings. The number of aliphatic carboxylic acids is 1. The van der Waals surface area contributed by atoms with E-state index in [4.69, 9.17) is 21.3 Å². The summed E-state index contributed by atoms with van der Waals surface area (Å²) in [5, 5.41) is 8.60. The van der Waals surface area contributed by atoms with Crippen LogP contribution in [0.4, 0.5) is 0 Å². The quantitative estimate of drug-likeness (QED) is 0.609. The van der Waals surface area contributed by atoms with Gasteiger partial charge in [-0.15, -0.1) is 0 Å². The number of carboxylic acids is 1. The first-order valence-corrected chi connectivity index (χ1v) is 5.95. The average Bonchev–Trinajstić information content (AvgIpc) is 2.42. The lowest BCUT2D eigenvalue weighted by Gasteiger charge is -2.12. The van der Waals surface area contributed by atoms with Crippen LogP contribution in [0.2, 0.25) is 0 Å². The SMILES string of the molecule is NC(CCC(N)C(=O)OCc1ccccc1)C(=O)O. The Labute approximate surface area is 111 Å². The molecule has 0 aliphatic rings. The molecule has 0 heterocycles. The summed E-state index contributed by atoms with van der Waals surface area (Å²) in [6.07, 6.45) is 0.317. The van der Waals surface area contributed by atoms with Crippen molar-refractivity contribution in [1.29, 1.82) is 0 Å². The van der Waals surface area contributed by atoms with Gasteiger partial charge in [0.1, 0.15) is 18.7 Å². The standard InChI is InChI=1S/C13H18N2O4/c14-10(12(16)17)6-7-11(15)13(18)19-8-9-4-2-1-3-5-9/h1-5,10-11H,6-8,14-15H2,(H,16,17). The van der Waals surface area contributed by atoms with Gasteiger partial charge in [0.25, 0.3) is 0 Å². The summed E-state index contributed by atoms with van der Waals surface area (Å²) in [4.78, 5) is 22.1. The molecule has 1 aromatic rings. The molecule has 0 saturated carbocycles. The third-order valence-corrected chi connectivity index (χ3v) is 2.63. The predicted octanol–water partition coefficient (Wildman–Crippen LogP) is 0.249. The molecule has 0 bridgehead atoms. The van der Waals surface area contributed by atoms with Crippen molar-refractivity contribution in [2.75, 3.05) is 0 Å². The van der Waals surface area contributed by atoms with Crippen molar-refractivity contribution in [1.82, 2.24) is 0 Å². The largest absolute Gasteiger partial charge is 0.480 e. The molecular formula is C13H18N2O4. The monoisotopic (exact) mass is 266 g/mol. The number of rotatable bonds is 7. The number of carboxylic acid groups (broad SMARTS) is 1. The molecule has 0 spiro atoms. The number of benzene rings is 1. The molecule has 2 atom stereocenters. The number of carbonyl (C=O) groups excluding carboxylic acids is 1. The molecule has 6 nitrogen and oxygen atoms in total. The minimum atomic E-state index is -1.11. The zero-order chi connectivity index (χ0) is 14.3. The van der Waals surface area contributed by atoms with Crippen molar-refractivity contribution in [3.63, 3.8) is 0 Å². The number of ether oxygens (including phenoxy) is 1. The number of nitrogens with two attached hydrogens (primary N) is 2. The maximum absolute atomic E-state index is 11.6. The lowest BCUT2D eigenvalue weighted by atomic mass is 10.1. The van der Waals surface area contributed by atoms with E-state index in [1.165, 1.54) is 0 Å². The Hall–Kier alpha value is -1.92. The Morgan fingerprint density at radius 2 is 1.68 bits per heavy atom. The van der Waals surface area contributed by atoms with Gasteiger partial charge in [-0.3, -0.25) is 9.59 Å². The number of carbonyl (C=O) groups is 2. The van der Waals surface area contributed by atoms with Crippen LogP contribution in [0.25, 0.3) is 0 Å².